The Kier molecular flexibility index (Phi) is 5.69. The maximum Gasteiger partial charge on any atom is 0.286 e. The van der Waals surface area contributed by atoms with Gasteiger partial charge in [-0.15, -0.1) is 0 Å². The van der Waals surface area contributed by atoms with Crippen LogP contribution in [0.2, 0.25) is 0 Å². The van der Waals surface area contributed by atoms with Gasteiger partial charge in [0.15, 0.2) is 11.4 Å². The summed E-state index contributed by atoms with van der Waals surface area (Å²) in [6, 6.07) is 18.4. The molecule has 148 valence electrons. The van der Waals surface area contributed by atoms with Crippen molar-refractivity contribution in [1.29, 1.82) is 0 Å². The van der Waals surface area contributed by atoms with E-state index in [-0.39, 0.29) is 12.4 Å². The molecule has 4 aromatic rings. The van der Waals surface area contributed by atoms with E-state index in [4.69, 9.17) is 9.47 Å². The minimum Gasteiger partial charge on any atom is -0.484 e. The zero-order valence-electron chi connectivity index (χ0n) is 15.8. The summed E-state index contributed by atoms with van der Waals surface area (Å²) in [5.41, 5.74) is 0.427. The van der Waals surface area contributed by atoms with Crippen molar-refractivity contribution in [1.82, 2.24) is 4.57 Å². The summed E-state index contributed by atoms with van der Waals surface area (Å²) in [6.45, 7) is 0.587. The van der Waals surface area contributed by atoms with E-state index in [0.29, 0.717) is 29.2 Å². The maximum absolute atomic E-state index is 14.3. The third kappa shape index (κ3) is 4.21. The molecule has 7 heteroatoms. The molecule has 1 aromatic heterocycles. The molecule has 0 saturated heterocycles. The summed E-state index contributed by atoms with van der Waals surface area (Å²) in [5, 5.41) is 2.13. The van der Waals surface area contributed by atoms with Crippen molar-refractivity contribution < 1.29 is 18.7 Å². The van der Waals surface area contributed by atoms with Crippen molar-refractivity contribution in [3.05, 3.63) is 71.3 Å². The lowest BCUT2D eigenvalue weighted by molar-refractivity contribution is -0.120. The maximum atomic E-state index is 14.3. The Labute approximate surface area is 170 Å². The molecule has 0 spiro atoms. The van der Waals surface area contributed by atoms with Crippen LogP contribution in [0.1, 0.15) is 0 Å². The lowest BCUT2D eigenvalue weighted by Crippen LogP contribution is -2.21. The van der Waals surface area contributed by atoms with Crippen LogP contribution in [0.4, 0.5) is 4.39 Å². The predicted molar refractivity (Wildman–Crippen MR) is 112 cm³/mol. The minimum absolute atomic E-state index is 0.195. The van der Waals surface area contributed by atoms with Crippen molar-refractivity contribution in [3.8, 4) is 5.75 Å². The number of aromatic nitrogens is 1. The first-order chi connectivity index (χ1) is 14.2. The van der Waals surface area contributed by atoms with Crippen molar-refractivity contribution in [2.45, 2.75) is 6.54 Å². The number of hydrogen-bond acceptors (Lipinski definition) is 4. The van der Waals surface area contributed by atoms with Gasteiger partial charge in [0.2, 0.25) is 0 Å². The Hall–Kier alpha value is -3.03. The lowest BCUT2D eigenvalue weighted by Gasteiger charge is -2.06. The molecule has 0 N–H and O–H groups in total. The zero-order chi connectivity index (χ0) is 20.2. The fourth-order valence-corrected chi connectivity index (χ4v) is 4.19. The van der Waals surface area contributed by atoms with Gasteiger partial charge in [0.05, 0.1) is 16.8 Å². The van der Waals surface area contributed by atoms with Gasteiger partial charge in [-0.25, -0.2) is 4.39 Å². The zero-order valence-corrected chi connectivity index (χ0v) is 16.6. The van der Waals surface area contributed by atoms with Gasteiger partial charge in [0.25, 0.3) is 5.91 Å². The van der Waals surface area contributed by atoms with E-state index >= 15 is 0 Å². The number of benzene rings is 3. The Morgan fingerprint density at radius 2 is 1.93 bits per heavy atom. The van der Waals surface area contributed by atoms with Crippen LogP contribution >= 0.6 is 11.3 Å². The molecule has 5 nitrogen and oxygen atoms in total. The second-order valence-electron chi connectivity index (χ2n) is 6.42. The smallest absolute Gasteiger partial charge is 0.286 e. The first-order valence-corrected chi connectivity index (χ1v) is 9.93. The number of carbonyl (C=O) groups excluding carboxylic acids is 1. The normalized spacial score (nSPS) is 12.0. The number of amides is 1. The van der Waals surface area contributed by atoms with Gasteiger partial charge in [-0.2, -0.15) is 4.99 Å². The second-order valence-corrected chi connectivity index (χ2v) is 7.43. The summed E-state index contributed by atoms with van der Waals surface area (Å²) in [6.07, 6.45) is 0. The van der Waals surface area contributed by atoms with E-state index in [9.17, 15) is 9.18 Å². The molecule has 0 fully saturated rings. The fourth-order valence-electron chi connectivity index (χ4n) is 3.10. The summed E-state index contributed by atoms with van der Waals surface area (Å²) in [4.78, 5) is 17.0. The minimum atomic E-state index is -0.434. The van der Waals surface area contributed by atoms with Crippen LogP contribution in [0.15, 0.2) is 65.7 Å². The summed E-state index contributed by atoms with van der Waals surface area (Å²) in [5.74, 6) is -0.186. The van der Waals surface area contributed by atoms with Crippen LogP contribution in [0, 0.1) is 5.82 Å². The molecule has 0 aliphatic carbocycles. The van der Waals surface area contributed by atoms with Gasteiger partial charge in [0.1, 0.15) is 11.6 Å². The molecule has 0 atom stereocenters. The number of thiazole rings is 1. The highest BCUT2D eigenvalue weighted by molar-refractivity contribution is 7.16. The van der Waals surface area contributed by atoms with Crippen molar-refractivity contribution in [3.63, 3.8) is 0 Å². The third-order valence-electron chi connectivity index (χ3n) is 4.47. The van der Waals surface area contributed by atoms with Gasteiger partial charge in [-0.05, 0) is 35.0 Å². The molecule has 0 bridgehead atoms. The van der Waals surface area contributed by atoms with Crippen molar-refractivity contribution in [2.75, 3.05) is 20.3 Å². The van der Waals surface area contributed by atoms with Crippen LogP contribution in [0.3, 0.4) is 0 Å². The van der Waals surface area contributed by atoms with Crippen LogP contribution in [-0.2, 0) is 16.1 Å². The third-order valence-corrected chi connectivity index (χ3v) is 5.52. The molecule has 4 rings (SSSR count). The van der Waals surface area contributed by atoms with Gasteiger partial charge in [0, 0.05) is 13.7 Å². The highest BCUT2D eigenvalue weighted by Crippen LogP contribution is 2.21. The highest BCUT2D eigenvalue weighted by atomic mass is 32.1. The molecule has 1 heterocycles. The van der Waals surface area contributed by atoms with Gasteiger partial charge in [-0.3, -0.25) is 4.79 Å². The van der Waals surface area contributed by atoms with Crippen molar-refractivity contribution in [2.24, 2.45) is 4.99 Å². The van der Waals surface area contributed by atoms with Gasteiger partial charge in [-0.1, -0.05) is 47.7 Å². The van der Waals surface area contributed by atoms with E-state index in [1.54, 1.807) is 17.7 Å². The number of carbonyl (C=O) groups is 1. The summed E-state index contributed by atoms with van der Waals surface area (Å²) in [7, 11) is 1.57. The number of fused-ring (bicyclic) bond motifs is 2. The molecule has 0 saturated carbocycles. The number of ether oxygens (including phenoxy) is 2. The second kappa shape index (κ2) is 8.55. The number of halogens is 1. The molecule has 3 aromatic carbocycles. The largest absolute Gasteiger partial charge is 0.484 e. The highest BCUT2D eigenvalue weighted by Gasteiger charge is 2.12. The molecular formula is C22H19FN2O3S. The summed E-state index contributed by atoms with van der Waals surface area (Å²) >= 11 is 1.26. The average Bonchev–Trinajstić information content (AvgIpc) is 3.08. The van der Waals surface area contributed by atoms with E-state index in [1.165, 1.54) is 17.4 Å². The topological polar surface area (TPSA) is 52.8 Å². The molecule has 0 aliphatic heterocycles. The Balaban J connectivity index is 1.58. The van der Waals surface area contributed by atoms with Crippen LogP contribution in [-0.4, -0.2) is 30.8 Å². The van der Waals surface area contributed by atoms with E-state index in [1.807, 2.05) is 48.5 Å². The van der Waals surface area contributed by atoms with E-state index in [2.05, 4.69) is 4.99 Å². The number of nitrogens with zero attached hydrogens (tertiary/aromatic N) is 2. The number of rotatable bonds is 6. The lowest BCUT2D eigenvalue weighted by atomic mass is 10.1. The van der Waals surface area contributed by atoms with E-state index < -0.39 is 5.91 Å². The molecule has 0 radical (unpaired) electrons. The Morgan fingerprint density at radius 1 is 1.10 bits per heavy atom. The van der Waals surface area contributed by atoms with Crippen LogP contribution < -0.4 is 9.54 Å². The predicted octanol–water partition coefficient (Wildman–Crippen LogP) is 4.15. The molecule has 0 aliphatic rings. The number of para-hydroxylation sites is 1. The van der Waals surface area contributed by atoms with E-state index in [0.717, 1.165) is 15.5 Å². The quantitative estimate of drug-likeness (QED) is 0.480. The Morgan fingerprint density at radius 3 is 2.76 bits per heavy atom. The monoisotopic (exact) mass is 410 g/mol. The fraction of sp³-hybridized carbons (Fsp3) is 0.182. The summed E-state index contributed by atoms with van der Waals surface area (Å²) < 4.78 is 27.4. The van der Waals surface area contributed by atoms with Gasteiger partial charge >= 0.3 is 0 Å². The average molecular weight is 410 g/mol. The number of hydrogen-bond donors (Lipinski definition) is 0. The van der Waals surface area contributed by atoms with Crippen LogP contribution in [0.5, 0.6) is 5.75 Å². The first-order valence-electron chi connectivity index (χ1n) is 9.11. The first kappa shape index (κ1) is 19.3. The van der Waals surface area contributed by atoms with Crippen molar-refractivity contribution >= 4 is 38.2 Å². The SMILES string of the molecule is COCCn1c(=NC(=O)COc2ccc3ccccc3c2)sc2cccc(F)c21. The standard InChI is InChI=1S/C22H19FN2O3S/c1-27-12-11-25-21-18(23)7-4-8-19(21)29-22(25)24-20(26)14-28-17-10-9-15-5-2-3-6-16(15)13-17/h2-10,13H,11-12,14H2,1H3. The molecule has 29 heavy (non-hydrogen) atoms. The molecular weight excluding hydrogens is 391 g/mol. The molecule has 0 unspecified atom stereocenters. The Bertz CT molecular complexity index is 1250. The number of methoxy groups -OCH3 is 1. The van der Waals surface area contributed by atoms with Crippen LogP contribution in [0.25, 0.3) is 21.0 Å². The molecule has 1 amide bonds. The van der Waals surface area contributed by atoms with Gasteiger partial charge < -0.3 is 14.0 Å².